The third kappa shape index (κ3) is 5.79. The number of benzene rings is 1. The Morgan fingerprint density at radius 1 is 1.17 bits per heavy atom. The molecule has 1 aliphatic rings. The van der Waals surface area contributed by atoms with Crippen molar-refractivity contribution in [3.05, 3.63) is 29.8 Å². The summed E-state index contributed by atoms with van der Waals surface area (Å²) < 4.78 is 22.5. The van der Waals surface area contributed by atoms with Gasteiger partial charge in [-0.05, 0) is 12.1 Å². The predicted molar refractivity (Wildman–Crippen MR) is 99.5 cm³/mol. The molecule has 0 unspecified atom stereocenters. The number of piperazine rings is 1. The number of hydrogen-bond acceptors (Lipinski definition) is 5. The monoisotopic (exact) mass is 370 g/mol. The first kappa shape index (κ1) is 19.3. The summed E-state index contributed by atoms with van der Waals surface area (Å²) in [7, 11) is -2.94. The van der Waals surface area contributed by atoms with Crippen LogP contribution in [-0.4, -0.2) is 74.1 Å². The van der Waals surface area contributed by atoms with Crippen molar-refractivity contribution in [2.45, 2.75) is 24.0 Å². The van der Waals surface area contributed by atoms with Gasteiger partial charge in [-0.15, -0.1) is 11.8 Å². The molecule has 1 aliphatic heterocycles. The fourth-order valence-electron chi connectivity index (χ4n) is 2.64. The maximum atomic E-state index is 12.8. The summed E-state index contributed by atoms with van der Waals surface area (Å²) in [5.41, 5.74) is 0.765. The topological polar surface area (TPSA) is 57.7 Å². The highest BCUT2D eigenvalue weighted by atomic mass is 32.2. The van der Waals surface area contributed by atoms with Gasteiger partial charge in [-0.25, -0.2) is 8.42 Å². The summed E-state index contributed by atoms with van der Waals surface area (Å²) in [4.78, 5) is 17.8. The van der Waals surface area contributed by atoms with Gasteiger partial charge in [0.1, 0.15) is 9.84 Å². The van der Waals surface area contributed by atoms with Crippen LogP contribution in [0.5, 0.6) is 0 Å². The van der Waals surface area contributed by atoms with Crippen molar-refractivity contribution in [1.29, 1.82) is 0 Å². The number of carbonyl (C=O) groups is 1. The van der Waals surface area contributed by atoms with Crippen molar-refractivity contribution in [3.63, 3.8) is 0 Å². The molecule has 2 rings (SSSR count). The lowest BCUT2D eigenvalue weighted by atomic mass is 10.2. The van der Waals surface area contributed by atoms with Crippen LogP contribution in [0.1, 0.15) is 24.2 Å². The Labute approximate surface area is 149 Å². The smallest absolute Gasteiger partial charge is 0.255 e. The molecule has 0 aromatic heterocycles. The van der Waals surface area contributed by atoms with Gasteiger partial charge in [0.05, 0.1) is 11.3 Å². The molecule has 134 valence electrons. The van der Waals surface area contributed by atoms with Crippen molar-refractivity contribution in [3.8, 4) is 0 Å². The van der Waals surface area contributed by atoms with Gasteiger partial charge in [-0.2, -0.15) is 0 Å². The van der Waals surface area contributed by atoms with E-state index in [0.29, 0.717) is 24.9 Å². The van der Waals surface area contributed by atoms with Crippen molar-refractivity contribution in [2.75, 3.05) is 44.7 Å². The van der Waals surface area contributed by atoms with E-state index in [4.69, 9.17) is 0 Å². The number of hydrogen-bond donors (Lipinski definition) is 0. The summed E-state index contributed by atoms with van der Waals surface area (Å²) in [6.07, 6.45) is 1.26. The molecule has 1 fully saturated rings. The van der Waals surface area contributed by atoms with Crippen LogP contribution in [0.15, 0.2) is 29.2 Å². The molecule has 7 heteroatoms. The van der Waals surface area contributed by atoms with E-state index in [1.807, 2.05) is 29.2 Å². The Morgan fingerprint density at radius 3 is 2.38 bits per heavy atom. The van der Waals surface area contributed by atoms with Crippen LogP contribution in [-0.2, 0) is 9.84 Å². The lowest BCUT2D eigenvalue weighted by molar-refractivity contribution is 0.0640. The third-order valence-electron chi connectivity index (χ3n) is 3.92. The molecule has 1 heterocycles. The molecule has 0 spiro atoms. The van der Waals surface area contributed by atoms with Crippen LogP contribution in [0.3, 0.4) is 0 Å². The average molecular weight is 371 g/mol. The summed E-state index contributed by atoms with van der Waals surface area (Å²) in [5, 5.41) is 0.423. The second-order valence-electron chi connectivity index (χ2n) is 6.43. The fourth-order valence-corrected chi connectivity index (χ4v) is 4.18. The molecular weight excluding hydrogens is 344 g/mol. The van der Waals surface area contributed by atoms with Gasteiger partial charge in [0, 0.05) is 49.1 Å². The van der Waals surface area contributed by atoms with Crippen LogP contribution < -0.4 is 0 Å². The molecule has 1 amide bonds. The van der Waals surface area contributed by atoms with Crippen LogP contribution in [0, 0.1) is 0 Å². The molecule has 5 nitrogen and oxygen atoms in total. The van der Waals surface area contributed by atoms with Gasteiger partial charge >= 0.3 is 0 Å². The largest absolute Gasteiger partial charge is 0.336 e. The second kappa shape index (κ2) is 8.36. The molecule has 0 N–H and O–H groups in total. The highest BCUT2D eigenvalue weighted by Crippen LogP contribution is 2.27. The minimum absolute atomic E-state index is 0.0708. The summed E-state index contributed by atoms with van der Waals surface area (Å²) in [6, 6.07) is 7.76. The van der Waals surface area contributed by atoms with Crippen molar-refractivity contribution in [2.24, 2.45) is 0 Å². The van der Waals surface area contributed by atoms with Gasteiger partial charge < -0.3 is 4.90 Å². The maximum absolute atomic E-state index is 12.8. The summed E-state index contributed by atoms with van der Waals surface area (Å²) in [5.74, 6) is 0.246. The Bertz CT molecular complexity index is 666. The van der Waals surface area contributed by atoms with E-state index in [9.17, 15) is 13.2 Å². The Hall–Kier alpha value is -1.05. The number of rotatable bonds is 6. The maximum Gasteiger partial charge on any atom is 0.255 e. The van der Waals surface area contributed by atoms with Crippen molar-refractivity contribution in [1.82, 2.24) is 9.80 Å². The van der Waals surface area contributed by atoms with E-state index in [1.54, 1.807) is 11.8 Å². The van der Waals surface area contributed by atoms with Crippen molar-refractivity contribution >= 4 is 27.5 Å². The second-order valence-corrected chi connectivity index (χ2v) is 10.3. The first-order chi connectivity index (χ1) is 11.3. The number of carbonyl (C=O) groups excluding carboxylic acids is 1. The number of thioether (sulfide) groups is 1. The Balaban J connectivity index is 1.96. The zero-order valence-corrected chi connectivity index (χ0v) is 16.2. The SMILES string of the molecule is CC(C)Sc1ccccc1C(=O)N1CCN(CCS(C)(=O)=O)CC1. The van der Waals surface area contributed by atoms with Gasteiger partial charge in [-0.3, -0.25) is 9.69 Å². The average Bonchev–Trinajstić information content (AvgIpc) is 2.52. The number of sulfone groups is 1. The highest BCUT2D eigenvalue weighted by Gasteiger charge is 2.24. The quantitative estimate of drug-likeness (QED) is 0.717. The van der Waals surface area contributed by atoms with E-state index in [2.05, 4.69) is 18.7 Å². The van der Waals surface area contributed by atoms with Gasteiger partial charge in [-0.1, -0.05) is 26.0 Å². The first-order valence-electron chi connectivity index (χ1n) is 8.21. The van der Waals surface area contributed by atoms with E-state index in [-0.39, 0.29) is 11.7 Å². The van der Waals surface area contributed by atoms with Gasteiger partial charge in [0.2, 0.25) is 0 Å². The number of amides is 1. The standard InChI is InChI=1S/C17H26N2O3S2/c1-14(2)23-16-7-5-4-6-15(16)17(20)19-10-8-18(9-11-19)12-13-24(3,21)22/h4-7,14H,8-13H2,1-3H3. The van der Waals surface area contributed by atoms with Crippen LogP contribution in [0.2, 0.25) is 0 Å². The lowest BCUT2D eigenvalue weighted by Gasteiger charge is -2.35. The van der Waals surface area contributed by atoms with Crippen LogP contribution in [0.25, 0.3) is 0 Å². The molecular formula is C17H26N2O3S2. The van der Waals surface area contributed by atoms with E-state index in [1.165, 1.54) is 6.26 Å². The molecule has 0 saturated carbocycles. The van der Waals surface area contributed by atoms with E-state index in [0.717, 1.165) is 23.5 Å². The van der Waals surface area contributed by atoms with Crippen LogP contribution >= 0.6 is 11.8 Å². The zero-order chi connectivity index (χ0) is 17.7. The van der Waals surface area contributed by atoms with E-state index >= 15 is 0 Å². The van der Waals surface area contributed by atoms with Gasteiger partial charge in [0.15, 0.2) is 0 Å². The minimum atomic E-state index is -2.94. The molecule has 0 atom stereocenters. The van der Waals surface area contributed by atoms with Crippen LogP contribution in [0.4, 0.5) is 0 Å². The van der Waals surface area contributed by atoms with Gasteiger partial charge in [0.25, 0.3) is 5.91 Å². The first-order valence-corrected chi connectivity index (χ1v) is 11.2. The summed E-state index contributed by atoms with van der Waals surface area (Å²) in [6.45, 7) is 7.51. The number of nitrogens with zero attached hydrogens (tertiary/aromatic N) is 2. The normalized spacial score (nSPS) is 16.6. The summed E-state index contributed by atoms with van der Waals surface area (Å²) >= 11 is 1.70. The highest BCUT2D eigenvalue weighted by molar-refractivity contribution is 8.00. The molecule has 24 heavy (non-hydrogen) atoms. The lowest BCUT2D eigenvalue weighted by Crippen LogP contribution is -2.49. The van der Waals surface area contributed by atoms with Crippen molar-refractivity contribution < 1.29 is 13.2 Å². The molecule has 1 saturated heterocycles. The third-order valence-corrected chi connectivity index (χ3v) is 5.92. The Kier molecular flexibility index (Phi) is 6.71. The zero-order valence-electron chi connectivity index (χ0n) is 14.6. The predicted octanol–water partition coefficient (Wildman–Crippen LogP) is 1.99. The van der Waals surface area contributed by atoms with E-state index < -0.39 is 9.84 Å². The molecule has 1 aromatic rings. The Morgan fingerprint density at radius 2 is 1.79 bits per heavy atom. The molecule has 0 aliphatic carbocycles. The molecule has 1 aromatic carbocycles. The molecule has 0 radical (unpaired) electrons. The fraction of sp³-hybridized carbons (Fsp3) is 0.588. The minimum Gasteiger partial charge on any atom is -0.336 e. The molecule has 0 bridgehead atoms.